The predicted octanol–water partition coefficient (Wildman–Crippen LogP) is 4.54. The van der Waals surface area contributed by atoms with Crippen LogP contribution < -0.4 is 20.2 Å². The smallest absolute Gasteiger partial charge is 0.191 e. The summed E-state index contributed by atoms with van der Waals surface area (Å²) in [6.45, 7) is 6.23. The van der Waals surface area contributed by atoms with Gasteiger partial charge in [-0.1, -0.05) is 26.0 Å². The van der Waals surface area contributed by atoms with Gasteiger partial charge in [-0.05, 0) is 61.0 Å². The van der Waals surface area contributed by atoms with Gasteiger partial charge in [-0.3, -0.25) is 5.43 Å². The van der Waals surface area contributed by atoms with Crippen LogP contribution in [0.2, 0.25) is 0 Å². The van der Waals surface area contributed by atoms with Gasteiger partial charge in [-0.15, -0.1) is 0 Å². The molecule has 5 nitrogen and oxygen atoms in total. The molecule has 0 spiro atoms. The van der Waals surface area contributed by atoms with E-state index in [2.05, 4.69) is 41.8 Å². The van der Waals surface area contributed by atoms with E-state index < -0.39 is 0 Å². The molecule has 0 amide bonds. The molecule has 0 radical (unpaired) electrons. The SMILES string of the molecule is COc1ccc(/C(C)=N/NC(=S)Nc2ccc(C(C)C)cc2)cc1OC. The van der Waals surface area contributed by atoms with Crippen LogP contribution in [0.5, 0.6) is 11.5 Å². The number of anilines is 1. The van der Waals surface area contributed by atoms with Gasteiger partial charge < -0.3 is 14.8 Å². The molecule has 0 aliphatic rings. The molecule has 0 aliphatic heterocycles. The predicted molar refractivity (Wildman–Crippen MR) is 112 cm³/mol. The topological polar surface area (TPSA) is 54.9 Å². The second kappa shape index (κ2) is 9.20. The van der Waals surface area contributed by atoms with E-state index in [4.69, 9.17) is 21.7 Å². The van der Waals surface area contributed by atoms with Crippen LogP contribution in [-0.4, -0.2) is 25.0 Å². The Kier molecular flexibility index (Phi) is 6.97. The molecule has 6 heteroatoms. The van der Waals surface area contributed by atoms with E-state index >= 15 is 0 Å². The lowest BCUT2D eigenvalue weighted by Gasteiger charge is -2.11. The highest BCUT2D eigenvalue weighted by Gasteiger charge is 2.07. The van der Waals surface area contributed by atoms with Crippen LogP contribution in [0.1, 0.15) is 37.8 Å². The van der Waals surface area contributed by atoms with Crippen LogP contribution in [0.25, 0.3) is 0 Å². The first-order valence-electron chi connectivity index (χ1n) is 8.38. The van der Waals surface area contributed by atoms with Gasteiger partial charge in [0.2, 0.25) is 0 Å². The lowest BCUT2D eigenvalue weighted by Crippen LogP contribution is -2.25. The van der Waals surface area contributed by atoms with Gasteiger partial charge in [0.05, 0.1) is 19.9 Å². The van der Waals surface area contributed by atoms with E-state index in [-0.39, 0.29) is 0 Å². The molecule has 0 unspecified atom stereocenters. The molecule has 2 aromatic carbocycles. The van der Waals surface area contributed by atoms with Crippen LogP contribution in [-0.2, 0) is 0 Å². The maximum atomic E-state index is 5.32. The number of rotatable bonds is 6. The van der Waals surface area contributed by atoms with Crippen molar-refractivity contribution in [3.63, 3.8) is 0 Å². The molecule has 0 aliphatic carbocycles. The van der Waals surface area contributed by atoms with Gasteiger partial charge in [-0.2, -0.15) is 5.10 Å². The minimum atomic E-state index is 0.433. The highest BCUT2D eigenvalue weighted by atomic mass is 32.1. The number of nitrogens with one attached hydrogen (secondary N) is 2. The Morgan fingerprint density at radius 1 is 1.00 bits per heavy atom. The van der Waals surface area contributed by atoms with Gasteiger partial charge in [0.15, 0.2) is 16.6 Å². The first-order chi connectivity index (χ1) is 12.4. The van der Waals surface area contributed by atoms with Gasteiger partial charge in [0, 0.05) is 11.3 Å². The molecule has 138 valence electrons. The van der Waals surface area contributed by atoms with E-state index in [1.54, 1.807) is 14.2 Å². The van der Waals surface area contributed by atoms with Crippen molar-refractivity contribution in [3.05, 3.63) is 53.6 Å². The molecule has 2 aromatic rings. The third-order valence-corrected chi connectivity index (χ3v) is 4.16. The maximum Gasteiger partial charge on any atom is 0.191 e. The van der Waals surface area contributed by atoms with Gasteiger partial charge in [0.25, 0.3) is 0 Å². The fourth-order valence-corrected chi connectivity index (χ4v) is 2.53. The Morgan fingerprint density at radius 2 is 1.65 bits per heavy atom. The molecule has 0 saturated heterocycles. The molecular weight excluding hydrogens is 346 g/mol. The normalized spacial score (nSPS) is 11.2. The first-order valence-corrected chi connectivity index (χ1v) is 8.79. The molecule has 2 N–H and O–H groups in total. The number of hydrazone groups is 1. The molecule has 0 fully saturated rings. The molecular formula is C20H25N3O2S. The number of hydrogen-bond donors (Lipinski definition) is 2. The molecule has 2 rings (SSSR count). The number of nitrogens with zero attached hydrogens (tertiary/aromatic N) is 1. The Hall–Kier alpha value is -2.60. The molecule has 26 heavy (non-hydrogen) atoms. The summed E-state index contributed by atoms with van der Waals surface area (Å²) in [7, 11) is 3.22. The molecule has 0 bridgehead atoms. The lowest BCUT2D eigenvalue weighted by atomic mass is 10.0. The largest absolute Gasteiger partial charge is 0.493 e. The van der Waals surface area contributed by atoms with E-state index in [1.807, 2.05) is 37.3 Å². The minimum Gasteiger partial charge on any atom is -0.493 e. The summed E-state index contributed by atoms with van der Waals surface area (Å²) < 4.78 is 10.6. The number of thiocarbonyl (C=S) groups is 1. The average molecular weight is 372 g/mol. The fraction of sp³-hybridized carbons (Fsp3) is 0.300. The molecule has 0 heterocycles. The minimum absolute atomic E-state index is 0.433. The number of methoxy groups -OCH3 is 2. The molecule has 0 saturated carbocycles. The van der Waals surface area contributed by atoms with Gasteiger partial charge in [0.1, 0.15) is 0 Å². The summed E-state index contributed by atoms with van der Waals surface area (Å²) in [4.78, 5) is 0. The third kappa shape index (κ3) is 5.20. The van der Waals surface area contributed by atoms with Crippen LogP contribution in [0.4, 0.5) is 5.69 Å². The van der Waals surface area contributed by atoms with E-state index in [9.17, 15) is 0 Å². The van der Waals surface area contributed by atoms with Crippen molar-refractivity contribution in [2.24, 2.45) is 5.10 Å². The van der Waals surface area contributed by atoms with Crippen LogP contribution in [0.15, 0.2) is 47.6 Å². The van der Waals surface area contributed by atoms with Gasteiger partial charge in [-0.25, -0.2) is 0 Å². The van der Waals surface area contributed by atoms with E-state index in [0.29, 0.717) is 22.5 Å². The zero-order valence-corrected chi connectivity index (χ0v) is 16.6. The summed E-state index contributed by atoms with van der Waals surface area (Å²) in [5, 5.41) is 7.89. The zero-order chi connectivity index (χ0) is 19.1. The van der Waals surface area contributed by atoms with Crippen LogP contribution in [0.3, 0.4) is 0 Å². The monoisotopic (exact) mass is 371 g/mol. The second-order valence-corrected chi connectivity index (χ2v) is 6.52. The Balaban J connectivity index is 2.00. The number of ether oxygens (including phenoxy) is 2. The number of benzene rings is 2. The van der Waals surface area contributed by atoms with Crippen molar-refractivity contribution >= 4 is 28.7 Å². The van der Waals surface area contributed by atoms with Gasteiger partial charge >= 0.3 is 0 Å². The van der Waals surface area contributed by atoms with Crippen molar-refractivity contribution in [2.75, 3.05) is 19.5 Å². The molecule has 0 aromatic heterocycles. The summed E-state index contributed by atoms with van der Waals surface area (Å²) in [5.41, 5.74) is 6.78. The lowest BCUT2D eigenvalue weighted by molar-refractivity contribution is 0.355. The summed E-state index contributed by atoms with van der Waals surface area (Å²) in [6.07, 6.45) is 0. The van der Waals surface area contributed by atoms with Crippen molar-refractivity contribution in [3.8, 4) is 11.5 Å². The van der Waals surface area contributed by atoms with Crippen molar-refractivity contribution in [1.82, 2.24) is 5.43 Å². The Morgan fingerprint density at radius 3 is 2.23 bits per heavy atom. The highest BCUT2D eigenvalue weighted by molar-refractivity contribution is 7.80. The summed E-state index contributed by atoms with van der Waals surface area (Å²) in [6, 6.07) is 13.8. The zero-order valence-electron chi connectivity index (χ0n) is 15.8. The average Bonchev–Trinajstić information content (AvgIpc) is 2.65. The number of hydrogen-bond acceptors (Lipinski definition) is 4. The Bertz CT molecular complexity index is 786. The van der Waals surface area contributed by atoms with E-state index in [0.717, 1.165) is 17.0 Å². The maximum absolute atomic E-state index is 5.32. The van der Waals surface area contributed by atoms with Crippen LogP contribution in [0, 0.1) is 0 Å². The quantitative estimate of drug-likeness (QED) is 0.444. The first kappa shape index (κ1) is 19.7. The second-order valence-electron chi connectivity index (χ2n) is 6.11. The Labute approximate surface area is 160 Å². The summed E-state index contributed by atoms with van der Waals surface area (Å²) in [5.74, 6) is 1.84. The van der Waals surface area contributed by atoms with Crippen molar-refractivity contribution < 1.29 is 9.47 Å². The third-order valence-electron chi connectivity index (χ3n) is 3.96. The van der Waals surface area contributed by atoms with Crippen molar-refractivity contribution in [2.45, 2.75) is 26.7 Å². The fourth-order valence-electron chi connectivity index (χ4n) is 2.37. The van der Waals surface area contributed by atoms with E-state index in [1.165, 1.54) is 5.56 Å². The summed E-state index contributed by atoms with van der Waals surface area (Å²) >= 11 is 5.30. The standard InChI is InChI=1S/C20H25N3O2S/c1-13(2)15-6-9-17(10-7-15)21-20(26)23-22-14(3)16-8-11-18(24-4)19(12-16)25-5/h6-13H,1-5H3,(H2,21,23,26)/b22-14+. The van der Waals surface area contributed by atoms with Crippen molar-refractivity contribution in [1.29, 1.82) is 0 Å². The highest BCUT2D eigenvalue weighted by Crippen LogP contribution is 2.27. The molecule has 0 atom stereocenters. The van der Waals surface area contributed by atoms with Crippen LogP contribution >= 0.6 is 12.2 Å².